The second-order valence-electron chi connectivity index (χ2n) is 9.07. The maximum absolute atomic E-state index is 12.7. The smallest absolute Gasteiger partial charge is 0.323 e. The van der Waals surface area contributed by atoms with Gasteiger partial charge in [0.1, 0.15) is 5.75 Å². The summed E-state index contributed by atoms with van der Waals surface area (Å²) in [5.41, 5.74) is 3.67. The van der Waals surface area contributed by atoms with Gasteiger partial charge in [-0.05, 0) is 54.4 Å². The Hall–Kier alpha value is -3.94. The van der Waals surface area contributed by atoms with Gasteiger partial charge in [0.05, 0.1) is 19.5 Å². The highest BCUT2D eigenvalue weighted by molar-refractivity contribution is 5.88. The van der Waals surface area contributed by atoms with E-state index in [0.717, 1.165) is 17.7 Å². The van der Waals surface area contributed by atoms with Crippen LogP contribution in [-0.2, 0) is 0 Å². The largest absolute Gasteiger partial charge is 0.480 e. The van der Waals surface area contributed by atoms with Crippen LogP contribution in [0.2, 0.25) is 0 Å². The van der Waals surface area contributed by atoms with Crippen molar-refractivity contribution in [3.8, 4) is 17.5 Å². The minimum atomic E-state index is -0.186. The topological polar surface area (TPSA) is 89.5 Å². The Kier molecular flexibility index (Phi) is 6.61. The molecule has 1 aliphatic heterocycles. The number of hydrogen-bond donors (Lipinski definition) is 1. The zero-order valence-electron chi connectivity index (χ0n) is 20.0. The number of nitrogens with one attached hydrogen (secondary N) is 1. The summed E-state index contributed by atoms with van der Waals surface area (Å²) in [4.78, 5) is 27.2. The van der Waals surface area contributed by atoms with Crippen molar-refractivity contribution in [2.24, 2.45) is 5.92 Å². The molecule has 0 radical (unpaired) electrons. The average Bonchev–Trinajstić information content (AvgIpc) is 3.72. The van der Waals surface area contributed by atoms with Gasteiger partial charge in [0.2, 0.25) is 11.8 Å². The molecule has 1 saturated carbocycles. The van der Waals surface area contributed by atoms with Gasteiger partial charge in [-0.25, -0.2) is 9.78 Å². The standard InChI is InChI=1S/C27H29N5O3/c1-18-17-32(27(33)31-24-15-28-16-26(30-24)34-2)11-10-21(18)12-19-4-3-5-23(13-19)35-25-9-8-22(14-29-25)20-6-7-20/h3-5,8-9,12-16,18,20H,6-7,10-11,17H2,1-2H3,(H,30,31,33)/b21-12+. The predicted octanol–water partition coefficient (Wildman–Crippen LogP) is 5.51. The number of pyridine rings is 1. The zero-order valence-corrected chi connectivity index (χ0v) is 20.0. The van der Waals surface area contributed by atoms with Crippen LogP contribution in [0.15, 0.2) is 60.6 Å². The van der Waals surface area contributed by atoms with Gasteiger partial charge in [0.25, 0.3) is 0 Å². The first-order valence-electron chi connectivity index (χ1n) is 11.9. The Labute approximate surface area is 205 Å². The highest BCUT2D eigenvalue weighted by Crippen LogP contribution is 2.40. The van der Waals surface area contributed by atoms with Crippen LogP contribution in [-0.4, -0.2) is 46.1 Å². The molecule has 2 amide bonds. The molecule has 2 fully saturated rings. The van der Waals surface area contributed by atoms with E-state index in [1.54, 1.807) is 4.90 Å². The number of ether oxygens (including phenoxy) is 2. The van der Waals surface area contributed by atoms with Crippen molar-refractivity contribution < 1.29 is 14.3 Å². The number of carbonyl (C=O) groups excluding carboxylic acids is 1. The fourth-order valence-electron chi connectivity index (χ4n) is 4.26. The van der Waals surface area contributed by atoms with E-state index in [9.17, 15) is 4.79 Å². The number of hydrogen-bond acceptors (Lipinski definition) is 6. The molecule has 3 aromatic rings. The summed E-state index contributed by atoms with van der Waals surface area (Å²) in [5.74, 6) is 3.00. The lowest BCUT2D eigenvalue weighted by atomic mass is 9.91. The molecule has 0 spiro atoms. The number of urea groups is 1. The van der Waals surface area contributed by atoms with Gasteiger partial charge in [0.15, 0.2) is 5.82 Å². The molecule has 1 N–H and O–H groups in total. The number of anilines is 1. The van der Waals surface area contributed by atoms with Crippen molar-refractivity contribution in [1.82, 2.24) is 19.9 Å². The summed E-state index contributed by atoms with van der Waals surface area (Å²) in [7, 11) is 1.51. The fraction of sp³-hybridized carbons (Fsp3) is 0.333. The van der Waals surface area contributed by atoms with Crippen LogP contribution in [0.1, 0.15) is 43.2 Å². The predicted molar refractivity (Wildman–Crippen MR) is 134 cm³/mol. The molecule has 8 heteroatoms. The molecule has 1 atom stereocenters. The van der Waals surface area contributed by atoms with Gasteiger partial charge in [0, 0.05) is 25.4 Å². The molecule has 1 aliphatic carbocycles. The summed E-state index contributed by atoms with van der Waals surface area (Å²) >= 11 is 0. The molecule has 2 aromatic heterocycles. The van der Waals surface area contributed by atoms with Crippen molar-refractivity contribution in [3.05, 3.63) is 71.7 Å². The lowest BCUT2D eigenvalue weighted by molar-refractivity contribution is 0.197. The van der Waals surface area contributed by atoms with E-state index in [2.05, 4.69) is 45.4 Å². The number of rotatable bonds is 6. The zero-order chi connectivity index (χ0) is 24.2. The Bertz CT molecular complexity index is 1220. The maximum atomic E-state index is 12.7. The highest BCUT2D eigenvalue weighted by Gasteiger charge is 2.25. The SMILES string of the molecule is COc1cncc(NC(=O)N2CC/C(=C\c3cccc(Oc4ccc(C5CC5)cn4)c3)C(C)C2)n1. The van der Waals surface area contributed by atoms with Crippen LogP contribution in [0, 0.1) is 5.92 Å². The third-order valence-electron chi connectivity index (χ3n) is 6.38. The van der Waals surface area contributed by atoms with Gasteiger partial charge < -0.3 is 14.4 Å². The third kappa shape index (κ3) is 5.77. The summed E-state index contributed by atoms with van der Waals surface area (Å²) < 4.78 is 11.1. The molecule has 180 valence electrons. The number of piperidine rings is 1. The van der Waals surface area contributed by atoms with Crippen molar-refractivity contribution in [1.29, 1.82) is 0 Å². The van der Waals surface area contributed by atoms with Crippen LogP contribution in [0.4, 0.5) is 10.6 Å². The molecule has 3 heterocycles. The number of methoxy groups -OCH3 is 1. The molecule has 2 aliphatic rings. The monoisotopic (exact) mass is 471 g/mol. The summed E-state index contributed by atoms with van der Waals surface area (Å²) in [6.45, 7) is 3.40. The number of aromatic nitrogens is 3. The number of nitrogens with zero attached hydrogens (tertiary/aromatic N) is 4. The molecular formula is C27H29N5O3. The normalized spacial score (nSPS) is 18.9. The van der Waals surface area contributed by atoms with E-state index >= 15 is 0 Å². The summed E-state index contributed by atoms with van der Waals surface area (Å²) in [6.07, 6.45) is 10.4. The number of likely N-dealkylation sites (tertiary alicyclic amines) is 1. The van der Waals surface area contributed by atoms with E-state index in [-0.39, 0.29) is 11.9 Å². The number of amides is 2. The second kappa shape index (κ2) is 10.1. The summed E-state index contributed by atoms with van der Waals surface area (Å²) in [6, 6.07) is 11.9. The van der Waals surface area contributed by atoms with Crippen molar-refractivity contribution in [3.63, 3.8) is 0 Å². The van der Waals surface area contributed by atoms with Crippen LogP contribution in [0.25, 0.3) is 6.08 Å². The third-order valence-corrected chi connectivity index (χ3v) is 6.38. The first-order valence-corrected chi connectivity index (χ1v) is 11.9. The lowest BCUT2D eigenvalue weighted by Gasteiger charge is -2.33. The van der Waals surface area contributed by atoms with Gasteiger partial charge >= 0.3 is 6.03 Å². The molecule has 8 nitrogen and oxygen atoms in total. The van der Waals surface area contributed by atoms with E-state index in [1.807, 2.05) is 30.5 Å². The van der Waals surface area contributed by atoms with Crippen molar-refractivity contribution in [2.45, 2.75) is 32.1 Å². The van der Waals surface area contributed by atoms with E-state index < -0.39 is 0 Å². The Morgan fingerprint density at radius 2 is 2.03 bits per heavy atom. The second-order valence-corrected chi connectivity index (χ2v) is 9.07. The molecule has 35 heavy (non-hydrogen) atoms. The van der Waals surface area contributed by atoms with Crippen LogP contribution in [0.5, 0.6) is 17.5 Å². The van der Waals surface area contributed by atoms with Gasteiger partial charge in [-0.1, -0.05) is 36.8 Å². The minimum absolute atomic E-state index is 0.186. The molecule has 1 unspecified atom stereocenters. The molecule has 1 aromatic carbocycles. The van der Waals surface area contributed by atoms with Crippen molar-refractivity contribution in [2.75, 3.05) is 25.5 Å². The Morgan fingerprint density at radius 1 is 1.14 bits per heavy atom. The molecule has 1 saturated heterocycles. The van der Waals surface area contributed by atoms with Crippen LogP contribution in [0.3, 0.4) is 0 Å². The van der Waals surface area contributed by atoms with E-state index in [4.69, 9.17) is 9.47 Å². The van der Waals surface area contributed by atoms with E-state index in [1.165, 1.54) is 43.5 Å². The van der Waals surface area contributed by atoms with Gasteiger partial charge in [-0.15, -0.1) is 0 Å². The number of benzene rings is 1. The number of carbonyl (C=O) groups is 1. The van der Waals surface area contributed by atoms with Crippen molar-refractivity contribution >= 4 is 17.9 Å². The first-order chi connectivity index (χ1) is 17.1. The minimum Gasteiger partial charge on any atom is -0.480 e. The lowest BCUT2D eigenvalue weighted by Crippen LogP contribution is -2.42. The Balaban J connectivity index is 1.20. The Morgan fingerprint density at radius 3 is 2.77 bits per heavy atom. The molecule has 0 bridgehead atoms. The first kappa shape index (κ1) is 22.8. The summed E-state index contributed by atoms with van der Waals surface area (Å²) in [5, 5.41) is 2.81. The average molecular weight is 472 g/mol. The van der Waals surface area contributed by atoms with Gasteiger partial charge in [-0.3, -0.25) is 10.3 Å². The molecule has 5 rings (SSSR count). The van der Waals surface area contributed by atoms with Crippen LogP contribution < -0.4 is 14.8 Å². The van der Waals surface area contributed by atoms with Crippen LogP contribution >= 0.6 is 0 Å². The maximum Gasteiger partial charge on any atom is 0.323 e. The van der Waals surface area contributed by atoms with Gasteiger partial charge in [-0.2, -0.15) is 4.98 Å². The highest BCUT2D eigenvalue weighted by atomic mass is 16.5. The quantitative estimate of drug-likeness (QED) is 0.510. The fourth-order valence-corrected chi connectivity index (χ4v) is 4.26. The van der Waals surface area contributed by atoms with E-state index in [0.29, 0.717) is 36.6 Å². The molecular weight excluding hydrogens is 442 g/mol.